The molecule has 1 amide bonds. The summed E-state index contributed by atoms with van der Waals surface area (Å²) in [7, 11) is 0. The number of anilines is 1. The van der Waals surface area contributed by atoms with Gasteiger partial charge in [-0.3, -0.25) is 4.79 Å². The fourth-order valence-corrected chi connectivity index (χ4v) is 4.00. The first-order valence-corrected chi connectivity index (χ1v) is 10.5. The van der Waals surface area contributed by atoms with Gasteiger partial charge < -0.3 is 14.5 Å². The van der Waals surface area contributed by atoms with Crippen LogP contribution in [0.1, 0.15) is 19.4 Å². The van der Waals surface area contributed by atoms with Gasteiger partial charge in [0, 0.05) is 34.6 Å². The molecule has 0 saturated heterocycles. The number of hydrogen-bond donors (Lipinski definition) is 1. The number of nitrogens with zero attached hydrogens (tertiary/aromatic N) is 1. The van der Waals surface area contributed by atoms with Gasteiger partial charge in [-0.25, -0.2) is 0 Å². The monoisotopic (exact) mass is 408 g/mol. The van der Waals surface area contributed by atoms with E-state index in [1.807, 2.05) is 50.2 Å². The second-order valence-corrected chi connectivity index (χ2v) is 8.10. The van der Waals surface area contributed by atoms with Crippen molar-refractivity contribution in [3.63, 3.8) is 0 Å². The normalized spacial score (nSPS) is 11.5. The molecule has 0 aliphatic heterocycles. The Morgan fingerprint density at radius 3 is 2.42 bits per heavy atom. The first kappa shape index (κ1) is 19.2. The summed E-state index contributed by atoms with van der Waals surface area (Å²) in [5, 5.41) is 6.39. The zero-order valence-electron chi connectivity index (χ0n) is 17.6. The van der Waals surface area contributed by atoms with Crippen molar-refractivity contribution in [3.05, 3.63) is 90.6 Å². The van der Waals surface area contributed by atoms with Gasteiger partial charge in [0.2, 0.25) is 5.91 Å². The van der Waals surface area contributed by atoms with Crippen LogP contribution in [0.5, 0.6) is 5.75 Å². The Morgan fingerprint density at radius 1 is 0.903 bits per heavy atom. The van der Waals surface area contributed by atoms with Crippen LogP contribution >= 0.6 is 0 Å². The molecule has 154 valence electrons. The molecule has 0 aliphatic rings. The summed E-state index contributed by atoms with van der Waals surface area (Å²) in [5.74, 6) is 0.637. The second-order valence-electron chi connectivity index (χ2n) is 8.10. The van der Waals surface area contributed by atoms with E-state index in [2.05, 4.69) is 58.4 Å². The highest BCUT2D eigenvalue weighted by atomic mass is 16.5. The predicted octanol–water partition coefficient (Wildman–Crippen LogP) is 6.42. The Labute approximate surface area is 181 Å². The lowest BCUT2D eigenvalue weighted by Crippen LogP contribution is -2.17. The summed E-state index contributed by atoms with van der Waals surface area (Å²) in [6.07, 6.45) is 2.05. The lowest BCUT2D eigenvalue weighted by Gasteiger charge is -2.17. The maximum atomic E-state index is 12.4. The number of carbonyl (C=O) groups is 1. The number of benzene rings is 3. The first-order chi connectivity index (χ1) is 15.1. The molecule has 0 saturated carbocycles. The van der Waals surface area contributed by atoms with E-state index in [9.17, 15) is 4.79 Å². The van der Waals surface area contributed by atoms with Crippen LogP contribution in [0.3, 0.4) is 0 Å². The summed E-state index contributed by atoms with van der Waals surface area (Å²) in [6.45, 7) is 4.23. The predicted molar refractivity (Wildman–Crippen MR) is 127 cm³/mol. The molecule has 31 heavy (non-hydrogen) atoms. The molecule has 0 atom stereocenters. The molecule has 0 unspecified atom stereocenters. The molecule has 4 heteroatoms. The average Bonchev–Trinajstić information content (AvgIpc) is 3.29. The van der Waals surface area contributed by atoms with E-state index >= 15 is 0 Å². The van der Waals surface area contributed by atoms with E-state index in [1.165, 1.54) is 5.39 Å². The van der Waals surface area contributed by atoms with Gasteiger partial charge >= 0.3 is 0 Å². The molecule has 2 heterocycles. The number of carbonyl (C=O) groups excluding carboxylic acids is 1. The van der Waals surface area contributed by atoms with Gasteiger partial charge in [0.1, 0.15) is 12.4 Å². The molecule has 2 aromatic heterocycles. The highest BCUT2D eigenvalue weighted by Crippen LogP contribution is 2.38. The molecule has 0 fully saturated rings. The maximum Gasteiger partial charge on any atom is 0.226 e. The third kappa shape index (κ3) is 3.50. The largest absolute Gasteiger partial charge is 0.488 e. The number of aromatic nitrogens is 1. The summed E-state index contributed by atoms with van der Waals surface area (Å²) in [5.41, 5.74) is 3.96. The lowest BCUT2D eigenvalue weighted by atomic mass is 10.0. The van der Waals surface area contributed by atoms with Crippen LogP contribution in [0.15, 0.2) is 85.1 Å². The van der Waals surface area contributed by atoms with Crippen molar-refractivity contribution >= 4 is 38.8 Å². The van der Waals surface area contributed by atoms with Crippen molar-refractivity contribution in [2.24, 2.45) is 5.92 Å². The van der Waals surface area contributed by atoms with Crippen LogP contribution in [0.2, 0.25) is 0 Å². The Kier molecular flexibility index (Phi) is 4.83. The number of hydrogen-bond acceptors (Lipinski definition) is 2. The number of pyridine rings is 1. The molecule has 1 N–H and O–H groups in total. The van der Waals surface area contributed by atoms with Gasteiger partial charge in [-0.15, -0.1) is 0 Å². The van der Waals surface area contributed by atoms with Gasteiger partial charge in [0.05, 0.1) is 11.0 Å². The minimum Gasteiger partial charge on any atom is -0.488 e. The van der Waals surface area contributed by atoms with Crippen LogP contribution in [-0.4, -0.2) is 10.3 Å². The molecular weight excluding hydrogens is 384 g/mol. The van der Waals surface area contributed by atoms with E-state index < -0.39 is 0 Å². The van der Waals surface area contributed by atoms with Gasteiger partial charge in [-0.1, -0.05) is 68.4 Å². The van der Waals surface area contributed by atoms with E-state index in [-0.39, 0.29) is 11.8 Å². The van der Waals surface area contributed by atoms with E-state index in [0.29, 0.717) is 6.61 Å². The highest BCUT2D eigenvalue weighted by molar-refractivity contribution is 6.16. The van der Waals surface area contributed by atoms with Crippen molar-refractivity contribution in [1.29, 1.82) is 0 Å². The van der Waals surface area contributed by atoms with Crippen LogP contribution in [0.25, 0.3) is 27.2 Å². The van der Waals surface area contributed by atoms with Crippen LogP contribution in [0, 0.1) is 5.92 Å². The SMILES string of the molecule is CC(C)C(=O)Nc1cc(OCc2ccccc2)c2c3ccccc3c3cccn3c2c1. The Bertz CT molecular complexity index is 1400. The maximum absolute atomic E-state index is 12.4. The Morgan fingerprint density at radius 2 is 1.65 bits per heavy atom. The number of fused-ring (bicyclic) bond motifs is 6. The fraction of sp³-hybridized carbons (Fsp3) is 0.148. The molecule has 0 aliphatic carbocycles. The van der Waals surface area contributed by atoms with Crippen LogP contribution in [-0.2, 0) is 11.4 Å². The number of nitrogens with one attached hydrogen (secondary N) is 1. The second kappa shape index (κ2) is 7.80. The number of ether oxygens (including phenoxy) is 1. The van der Waals surface area contributed by atoms with Crippen molar-refractivity contribution in [3.8, 4) is 5.75 Å². The summed E-state index contributed by atoms with van der Waals surface area (Å²) >= 11 is 0. The number of amides is 1. The molecule has 5 aromatic rings. The van der Waals surface area contributed by atoms with Gasteiger partial charge in [0.25, 0.3) is 0 Å². The first-order valence-electron chi connectivity index (χ1n) is 10.5. The van der Waals surface area contributed by atoms with Gasteiger partial charge in [-0.05, 0) is 29.1 Å². The Balaban J connectivity index is 1.74. The van der Waals surface area contributed by atoms with Crippen molar-refractivity contribution in [2.45, 2.75) is 20.5 Å². The van der Waals surface area contributed by atoms with Gasteiger partial charge in [0.15, 0.2) is 0 Å². The minimum atomic E-state index is -0.104. The molecule has 5 rings (SSSR count). The number of rotatable bonds is 5. The zero-order chi connectivity index (χ0) is 21.4. The third-order valence-electron chi connectivity index (χ3n) is 5.59. The smallest absolute Gasteiger partial charge is 0.226 e. The molecule has 3 aromatic carbocycles. The van der Waals surface area contributed by atoms with Crippen LogP contribution in [0.4, 0.5) is 5.69 Å². The van der Waals surface area contributed by atoms with Crippen molar-refractivity contribution in [1.82, 2.24) is 4.40 Å². The summed E-state index contributed by atoms with van der Waals surface area (Å²) in [6, 6.07) is 26.6. The summed E-state index contributed by atoms with van der Waals surface area (Å²) in [4.78, 5) is 12.4. The Hall–Kier alpha value is -3.79. The third-order valence-corrected chi connectivity index (χ3v) is 5.59. The average molecular weight is 409 g/mol. The van der Waals surface area contributed by atoms with E-state index in [0.717, 1.165) is 38.8 Å². The lowest BCUT2D eigenvalue weighted by molar-refractivity contribution is -0.118. The molecule has 0 radical (unpaired) electrons. The van der Waals surface area contributed by atoms with Gasteiger partial charge in [-0.2, -0.15) is 0 Å². The summed E-state index contributed by atoms with van der Waals surface area (Å²) < 4.78 is 8.52. The molecule has 0 bridgehead atoms. The van der Waals surface area contributed by atoms with E-state index in [1.54, 1.807) is 0 Å². The molecule has 4 nitrogen and oxygen atoms in total. The van der Waals surface area contributed by atoms with E-state index in [4.69, 9.17) is 4.74 Å². The van der Waals surface area contributed by atoms with Crippen molar-refractivity contribution in [2.75, 3.05) is 5.32 Å². The van der Waals surface area contributed by atoms with Crippen LogP contribution < -0.4 is 10.1 Å². The topological polar surface area (TPSA) is 42.7 Å². The van der Waals surface area contributed by atoms with Crippen molar-refractivity contribution < 1.29 is 9.53 Å². The molecular formula is C27H24N2O2. The minimum absolute atomic E-state index is 0.0158. The molecule has 0 spiro atoms. The fourth-order valence-electron chi connectivity index (χ4n) is 4.00. The zero-order valence-corrected chi connectivity index (χ0v) is 17.6. The highest BCUT2D eigenvalue weighted by Gasteiger charge is 2.16. The quantitative estimate of drug-likeness (QED) is 0.341. The standard InChI is InChI=1S/C27H24N2O2/c1-18(2)27(30)28-20-15-24-26(25(16-20)31-17-19-9-4-3-5-10-19)22-12-7-6-11-21(22)23-13-8-14-29(23)24/h3-16,18H,17H2,1-2H3,(H,28,30).